The minimum Gasteiger partial charge on any atom is -0.382 e. The van der Waals surface area contributed by atoms with Gasteiger partial charge in [-0.05, 0) is 24.0 Å². The molecule has 1 saturated heterocycles. The van der Waals surface area contributed by atoms with Gasteiger partial charge in [0, 0.05) is 32.2 Å². The van der Waals surface area contributed by atoms with Crippen molar-refractivity contribution in [3.8, 4) is 11.5 Å². The predicted molar refractivity (Wildman–Crippen MR) is 166 cm³/mol. The second-order valence-corrected chi connectivity index (χ2v) is 11.7. The zero-order valence-corrected chi connectivity index (χ0v) is 24.6. The zero-order chi connectivity index (χ0) is 29.9. The lowest BCUT2D eigenvalue weighted by atomic mass is 9.91. The van der Waals surface area contributed by atoms with Gasteiger partial charge in [-0.15, -0.1) is 5.10 Å². The van der Waals surface area contributed by atoms with Crippen LogP contribution in [0, 0.1) is 0 Å². The van der Waals surface area contributed by atoms with Gasteiger partial charge in [-0.2, -0.15) is 0 Å². The van der Waals surface area contributed by atoms with Crippen LogP contribution in [0.1, 0.15) is 54.6 Å². The van der Waals surface area contributed by atoms with Gasteiger partial charge >= 0.3 is 6.03 Å². The van der Waals surface area contributed by atoms with Crippen LogP contribution in [0.3, 0.4) is 0 Å². The molecule has 2 amide bonds. The Bertz CT molecular complexity index is 1640. The van der Waals surface area contributed by atoms with Gasteiger partial charge in [0.15, 0.2) is 11.6 Å². The first-order chi connectivity index (χ1) is 21.6. The number of carbonyl (C=O) groups excluding carboxylic acids is 1. The van der Waals surface area contributed by atoms with Gasteiger partial charge in [-0.25, -0.2) is 24.4 Å². The topological polar surface area (TPSA) is 136 Å². The maximum absolute atomic E-state index is 13.1. The van der Waals surface area contributed by atoms with E-state index in [1.165, 1.54) is 24.7 Å². The van der Waals surface area contributed by atoms with Crippen LogP contribution in [0.5, 0.6) is 0 Å². The number of anilines is 1. The number of nitrogen functional groups attached to an aromatic ring is 1. The highest BCUT2D eigenvalue weighted by molar-refractivity contribution is 5.74. The van der Waals surface area contributed by atoms with Crippen LogP contribution in [0.2, 0.25) is 0 Å². The summed E-state index contributed by atoms with van der Waals surface area (Å²) >= 11 is 0. The van der Waals surface area contributed by atoms with Crippen molar-refractivity contribution >= 4 is 11.8 Å². The van der Waals surface area contributed by atoms with Gasteiger partial charge in [0.2, 0.25) is 0 Å². The Morgan fingerprint density at radius 3 is 2.27 bits per heavy atom. The van der Waals surface area contributed by atoms with E-state index in [9.17, 15) is 4.79 Å². The first kappa shape index (κ1) is 28.0. The molecule has 4 aliphatic rings. The maximum atomic E-state index is 13.1. The Labute approximate surface area is 256 Å². The molecule has 0 unspecified atom stereocenters. The molecule has 2 aromatic carbocycles. The molecule has 2 fully saturated rings. The van der Waals surface area contributed by atoms with Gasteiger partial charge in [0.25, 0.3) is 0 Å². The SMILES string of the molecule is Nc1ncn(Cc2cn([C@H](c3ccccc3)[C@H](c3ccccc3)N3CCN(C(=O)NC4CCCC4)CC3)nn2)c2ncnc1-2. The molecule has 2 atom stereocenters. The quantitative estimate of drug-likeness (QED) is 0.279. The van der Waals surface area contributed by atoms with Crippen LogP contribution in [-0.4, -0.2) is 82.6 Å². The van der Waals surface area contributed by atoms with E-state index in [0.717, 1.165) is 37.2 Å². The van der Waals surface area contributed by atoms with E-state index < -0.39 is 0 Å². The molecule has 4 heterocycles. The van der Waals surface area contributed by atoms with E-state index in [-0.39, 0.29) is 18.1 Å². The first-order valence-electron chi connectivity index (χ1n) is 15.4. The fraction of sp³-hybridized carbons (Fsp3) is 0.375. The molecule has 44 heavy (non-hydrogen) atoms. The molecule has 3 N–H and O–H groups in total. The Morgan fingerprint density at radius 1 is 0.886 bits per heavy atom. The number of hydrogen-bond acceptors (Lipinski definition) is 8. The van der Waals surface area contributed by atoms with E-state index in [1.54, 1.807) is 6.33 Å². The lowest BCUT2D eigenvalue weighted by Gasteiger charge is -2.42. The number of benzene rings is 2. The van der Waals surface area contributed by atoms with Gasteiger partial charge < -0.3 is 20.5 Å². The fourth-order valence-electron chi connectivity index (χ4n) is 6.62. The second-order valence-electron chi connectivity index (χ2n) is 11.7. The van der Waals surface area contributed by atoms with Crippen molar-refractivity contribution < 1.29 is 4.79 Å². The largest absolute Gasteiger partial charge is 0.382 e. The summed E-state index contributed by atoms with van der Waals surface area (Å²) < 4.78 is 3.86. The summed E-state index contributed by atoms with van der Waals surface area (Å²) in [5.74, 6) is 1.01. The number of amides is 2. The molecule has 1 saturated carbocycles. The highest BCUT2D eigenvalue weighted by Crippen LogP contribution is 2.37. The summed E-state index contributed by atoms with van der Waals surface area (Å²) in [5.41, 5.74) is 9.66. The Kier molecular flexibility index (Phi) is 7.89. The first-order valence-corrected chi connectivity index (χ1v) is 15.4. The molecular formula is C32H37N11O. The van der Waals surface area contributed by atoms with Gasteiger partial charge in [0.1, 0.15) is 17.7 Å². The van der Waals surface area contributed by atoms with Crippen molar-refractivity contribution in [2.75, 3.05) is 31.9 Å². The highest BCUT2D eigenvalue weighted by Gasteiger charge is 2.35. The maximum Gasteiger partial charge on any atom is 0.317 e. The average molecular weight is 592 g/mol. The minimum atomic E-state index is -0.160. The van der Waals surface area contributed by atoms with Crippen molar-refractivity contribution in [3.63, 3.8) is 0 Å². The number of carbonyl (C=O) groups is 1. The Morgan fingerprint density at radius 2 is 1.57 bits per heavy atom. The highest BCUT2D eigenvalue weighted by atomic mass is 16.2. The summed E-state index contributed by atoms with van der Waals surface area (Å²) in [6, 6.07) is 21.2. The molecule has 3 aromatic rings. The third-order valence-corrected chi connectivity index (χ3v) is 8.86. The Balaban J connectivity index is 1.18. The number of aromatic nitrogens is 7. The number of piperazine rings is 1. The number of imidazole rings is 1. The van der Waals surface area contributed by atoms with Gasteiger partial charge in [0.05, 0.1) is 31.2 Å². The molecule has 12 heteroatoms. The van der Waals surface area contributed by atoms with E-state index in [1.807, 2.05) is 32.5 Å². The van der Waals surface area contributed by atoms with Crippen molar-refractivity contribution in [1.29, 1.82) is 0 Å². The van der Waals surface area contributed by atoms with Crippen LogP contribution in [0.4, 0.5) is 10.6 Å². The van der Waals surface area contributed by atoms with E-state index in [4.69, 9.17) is 5.73 Å². The van der Waals surface area contributed by atoms with Crippen LogP contribution >= 0.6 is 0 Å². The van der Waals surface area contributed by atoms with E-state index in [2.05, 4.69) is 84.0 Å². The predicted octanol–water partition coefficient (Wildman–Crippen LogP) is 3.60. The number of hydrogen-bond donors (Lipinski definition) is 2. The molecule has 7 rings (SSSR count). The molecule has 226 valence electrons. The Hall–Kier alpha value is -4.84. The fourth-order valence-corrected chi connectivity index (χ4v) is 6.62. The number of nitrogens with one attached hydrogen (secondary N) is 1. The zero-order valence-electron chi connectivity index (χ0n) is 24.6. The van der Waals surface area contributed by atoms with Crippen molar-refractivity contribution in [2.24, 2.45) is 0 Å². The number of nitrogens with two attached hydrogens (primary N) is 1. The third kappa shape index (κ3) is 5.72. The standard InChI is InChI=1S/C32H37N11O/c33-30-27-31(35-21-34-27)42(22-36-30)19-26-20-43(39-38-26)29(24-11-5-2-6-12-24)28(23-9-3-1-4-10-23)40-15-17-41(18-16-40)32(44)37-25-13-7-8-14-25/h1-6,9-12,20-22,25,28-29H,7-8,13-19,33H2,(H,37,44)/t28-,29+/m0/s1. The van der Waals surface area contributed by atoms with Crippen LogP contribution < -0.4 is 11.1 Å². The lowest BCUT2D eigenvalue weighted by Crippen LogP contribution is -2.54. The molecule has 0 radical (unpaired) electrons. The monoisotopic (exact) mass is 591 g/mol. The van der Waals surface area contributed by atoms with Crippen LogP contribution in [0.15, 0.2) is 79.5 Å². The molecule has 3 aliphatic heterocycles. The smallest absolute Gasteiger partial charge is 0.317 e. The number of urea groups is 1. The number of fused-ring (bicyclic) bond motifs is 1. The second kappa shape index (κ2) is 12.4. The van der Waals surface area contributed by atoms with Crippen molar-refractivity contribution in [2.45, 2.75) is 50.4 Å². The van der Waals surface area contributed by atoms with Crippen molar-refractivity contribution in [1.82, 2.24) is 49.6 Å². The van der Waals surface area contributed by atoms with E-state index in [0.29, 0.717) is 43.0 Å². The lowest BCUT2D eigenvalue weighted by molar-refractivity contribution is 0.0866. The average Bonchev–Trinajstić information content (AvgIpc) is 3.86. The van der Waals surface area contributed by atoms with E-state index >= 15 is 0 Å². The minimum absolute atomic E-state index is 0.0355. The van der Waals surface area contributed by atoms with Crippen LogP contribution in [0.25, 0.3) is 11.5 Å². The normalized spacial score (nSPS) is 17.6. The number of nitrogens with zero attached hydrogens (tertiary/aromatic N) is 9. The summed E-state index contributed by atoms with van der Waals surface area (Å²) in [4.78, 5) is 30.4. The molecule has 1 aromatic heterocycles. The van der Waals surface area contributed by atoms with Gasteiger partial charge in [-0.3, -0.25) is 4.90 Å². The summed E-state index contributed by atoms with van der Waals surface area (Å²) in [7, 11) is 0. The molecule has 0 bridgehead atoms. The van der Waals surface area contributed by atoms with Crippen molar-refractivity contribution in [3.05, 3.63) is 96.3 Å². The summed E-state index contributed by atoms with van der Waals surface area (Å²) in [6.45, 7) is 3.27. The van der Waals surface area contributed by atoms with Gasteiger partial charge in [-0.1, -0.05) is 78.7 Å². The molecule has 1 aliphatic carbocycles. The molecular weight excluding hydrogens is 554 g/mol. The van der Waals surface area contributed by atoms with Crippen LogP contribution in [-0.2, 0) is 6.54 Å². The number of rotatable bonds is 8. The molecule has 0 spiro atoms. The third-order valence-electron chi connectivity index (χ3n) is 8.86. The summed E-state index contributed by atoms with van der Waals surface area (Å²) in [6.07, 6.45) is 9.72. The summed E-state index contributed by atoms with van der Waals surface area (Å²) in [5, 5.41) is 12.5. The molecule has 12 nitrogen and oxygen atoms in total.